The number of ether oxygens (including phenoxy) is 3. The number of benzene rings is 4. The third-order valence-corrected chi connectivity index (χ3v) is 6.85. The van der Waals surface area contributed by atoms with E-state index in [9.17, 15) is 0 Å². The summed E-state index contributed by atoms with van der Waals surface area (Å²) in [6, 6.07) is 41.8. The molecule has 0 aromatic heterocycles. The lowest BCUT2D eigenvalue weighted by molar-refractivity contribution is -0.0819. The molecule has 0 unspecified atom stereocenters. The summed E-state index contributed by atoms with van der Waals surface area (Å²) in [6.07, 6.45) is -0.165. The molecule has 3 atom stereocenters. The zero-order valence-electron chi connectivity index (χ0n) is 21.2. The van der Waals surface area contributed by atoms with Crippen LogP contribution in [0.1, 0.15) is 22.3 Å². The molecule has 0 spiro atoms. The van der Waals surface area contributed by atoms with Gasteiger partial charge in [0, 0.05) is 13.1 Å². The summed E-state index contributed by atoms with van der Waals surface area (Å²) in [7, 11) is 0. The van der Waals surface area contributed by atoms with Gasteiger partial charge in [-0.25, -0.2) is 0 Å². The first-order chi connectivity index (χ1) is 18.3. The molecule has 37 heavy (non-hydrogen) atoms. The highest BCUT2D eigenvalue weighted by Crippen LogP contribution is 2.28. The molecule has 0 saturated carbocycles. The van der Waals surface area contributed by atoms with E-state index in [2.05, 4.69) is 108 Å². The Morgan fingerprint density at radius 2 is 1.00 bits per heavy atom. The predicted octanol–water partition coefficient (Wildman–Crippen LogP) is 6.26. The minimum Gasteiger partial charge on any atom is -0.375 e. The van der Waals surface area contributed by atoms with Crippen LogP contribution in [0.2, 0.25) is 0 Å². The maximum atomic E-state index is 6.63. The van der Waals surface area contributed by atoms with Crippen molar-refractivity contribution >= 4 is 0 Å². The fourth-order valence-electron chi connectivity index (χ4n) is 4.91. The summed E-state index contributed by atoms with van der Waals surface area (Å²) in [4.78, 5) is 2.46. The van der Waals surface area contributed by atoms with Crippen LogP contribution in [-0.4, -0.2) is 36.3 Å². The standard InChI is InChI=1S/C33H35NO3/c1-5-13-27(14-6-1)21-34-22-32(36-24-29-17-9-3-10-18-29)33(37-25-30-19-11-4-12-20-30)31(34)26-35-23-28-15-7-2-8-16-28/h1-20,31-33H,21-26H2/t31-,32-,33+/m0/s1. The smallest absolute Gasteiger partial charge is 0.103 e. The Kier molecular flexibility index (Phi) is 9.13. The molecular weight excluding hydrogens is 458 g/mol. The first-order valence-corrected chi connectivity index (χ1v) is 13.1. The van der Waals surface area contributed by atoms with Gasteiger partial charge in [-0.1, -0.05) is 121 Å². The maximum absolute atomic E-state index is 6.63. The third-order valence-electron chi connectivity index (χ3n) is 6.85. The summed E-state index contributed by atoms with van der Waals surface area (Å²) in [5.41, 5.74) is 4.78. The van der Waals surface area contributed by atoms with E-state index in [1.165, 1.54) is 16.7 Å². The van der Waals surface area contributed by atoms with Gasteiger partial charge in [-0.2, -0.15) is 0 Å². The van der Waals surface area contributed by atoms with Gasteiger partial charge < -0.3 is 14.2 Å². The molecule has 1 heterocycles. The highest BCUT2D eigenvalue weighted by molar-refractivity contribution is 5.17. The average molecular weight is 494 g/mol. The molecule has 1 aliphatic heterocycles. The van der Waals surface area contributed by atoms with Crippen LogP contribution in [-0.2, 0) is 40.6 Å². The van der Waals surface area contributed by atoms with Crippen LogP contribution in [0, 0.1) is 0 Å². The molecule has 0 radical (unpaired) electrons. The Balaban J connectivity index is 1.33. The Bertz CT molecular complexity index is 1170. The molecule has 5 rings (SSSR count). The van der Waals surface area contributed by atoms with Crippen molar-refractivity contribution in [2.24, 2.45) is 0 Å². The van der Waals surface area contributed by atoms with Gasteiger partial charge in [-0.15, -0.1) is 0 Å². The second-order valence-electron chi connectivity index (χ2n) is 9.58. The minimum atomic E-state index is -0.108. The molecule has 0 amide bonds. The lowest BCUT2D eigenvalue weighted by Crippen LogP contribution is -2.41. The SMILES string of the molecule is c1ccc(COC[C@H]2[C@@H](OCc3ccccc3)[C@@H](OCc3ccccc3)CN2Cc2ccccc2)cc1. The fraction of sp³-hybridized carbons (Fsp3) is 0.273. The first kappa shape index (κ1) is 25.4. The van der Waals surface area contributed by atoms with Crippen molar-refractivity contribution in [2.75, 3.05) is 13.2 Å². The van der Waals surface area contributed by atoms with E-state index in [0.29, 0.717) is 26.4 Å². The molecule has 1 aliphatic rings. The number of nitrogens with zero attached hydrogens (tertiary/aromatic N) is 1. The van der Waals surface area contributed by atoms with Crippen LogP contribution in [0.15, 0.2) is 121 Å². The van der Waals surface area contributed by atoms with Gasteiger partial charge in [0.05, 0.1) is 38.6 Å². The largest absolute Gasteiger partial charge is 0.375 e. The second-order valence-corrected chi connectivity index (χ2v) is 9.58. The van der Waals surface area contributed by atoms with Crippen molar-refractivity contribution in [3.8, 4) is 0 Å². The first-order valence-electron chi connectivity index (χ1n) is 13.1. The predicted molar refractivity (Wildman–Crippen MR) is 147 cm³/mol. The van der Waals surface area contributed by atoms with Gasteiger partial charge >= 0.3 is 0 Å². The van der Waals surface area contributed by atoms with E-state index >= 15 is 0 Å². The van der Waals surface area contributed by atoms with Crippen LogP contribution in [0.25, 0.3) is 0 Å². The molecule has 1 fully saturated rings. The molecule has 4 aromatic rings. The van der Waals surface area contributed by atoms with Gasteiger partial charge in [0.15, 0.2) is 0 Å². The lowest BCUT2D eigenvalue weighted by atomic mass is 10.1. The molecule has 4 nitrogen and oxygen atoms in total. The van der Waals surface area contributed by atoms with E-state index in [1.807, 2.05) is 18.2 Å². The molecular formula is C33H35NO3. The van der Waals surface area contributed by atoms with E-state index < -0.39 is 0 Å². The Hall–Kier alpha value is -3.28. The summed E-state index contributed by atoms with van der Waals surface area (Å²) >= 11 is 0. The van der Waals surface area contributed by atoms with E-state index in [0.717, 1.165) is 18.7 Å². The zero-order valence-corrected chi connectivity index (χ0v) is 21.2. The van der Waals surface area contributed by atoms with Crippen LogP contribution >= 0.6 is 0 Å². The number of hydrogen-bond acceptors (Lipinski definition) is 4. The summed E-state index contributed by atoms with van der Waals surface area (Å²) in [6.45, 7) is 3.89. The fourth-order valence-corrected chi connectivity index (χ4v) is 4.91. The maximum Gasteiger partial charge on any atom is 0.103 e. The van der Waals surface area contributed by atoms with Crippen LogP contribution in [0.3, 0.4) is 0 Å². The van der Waals surface area contributed by atoms with Crippen molar-refractivity contribution in [3.63, 3.8) is 0 Å². The molecule has 0 aliphatic carbocycles. The van der Waals surface area contributed by atoms with Crippen molar-refractivity contribution in [2.45, 2.75) is 44.6 Å². The summed E-state index contributed by atoms with van der Waals surface area (Å²) in [5, 5.41) is 0. The molecule has 190 valence electrons. The Morgan fingerprint density at radius 1 is 0.541 bits per heavy atom. The molecule has 0 N–H and O–H groups in total. The van der Waals surface area contributed by atoms with E-state index in [1.54, 1.807) is 0 Å². The highest BCUT2D eigenvalue weighted by atomic mass is 16.5. The number of rotatable bonds is 12. The normalized spacial score (nSPS) is 19.7. The third kappa shape index (κ3) is 7.37. The van der Waals surface area contributed by atoms with Gasteiger partial charge in [0.1, 0.15) is 6.10 Å². The van der Waals surface area contributed by atoms with E-state index in [4.69, 9.17) is 14.2 Å². The molecule has 0 bridgehead atoms. The quantitative estimate of drug-likeness (QED) is 0.233. The van der Waals surface area contributed by atoms with Crippen molar-refractivity contribution in [1.82, 2.24) is 4.90 Å². The lowest BCUT2D eigenvalue weighted by Gasteiger charge is -2.28. The Morgan fingerprint density at radius 3 is 1.54 bits per heavy atom. The van der Waals surface area contributed by atoms with Gasteiger partial charge in [-0.3, -0.25) is 4.90 Å². The number of likely N-dealkylation sites (tertiary alicyclic amines) is 1. The topological polar surface area (TPSA) is 30.9 Å². The van der Waals surface area contributed by atoms with Crippen molar-refractivity contribution in [3.05, 3.63) is 144 Å². The van der Waals surface area contributed by atoms with Gasteiger partial charge in [0.2, 0.25) is 0 Å². The van der Waals surface area contributed by atoms with E-state index in [-0.39, 0.29) is 18.2 Å². The van der Waals surface area contributed by atoms with Crippen LogP contribution in [0.4, 0.5) is 0 Å². The summed E-state index contributed by atoms with van der Waals surface area (Å²) in [5.74, 6) is 0. The highest BCUT2D eigenvalue weighted by Gasteiger charge is 2.43. The van der Waals surface area contributed by atoms with Gasteiger partial charge in [-0.05, 0) is 22.3 Å². The van der Waals surface area contributed by atoms with Crippen molar-refractivity contribution in [1.29, 1.82) is 0 Å². The second kappa shape index (κ2) is 13.3. The van der Waals surface area contributed by atoms with Crippen LogP contribution < -0.4 is 0 Å². The molecule has 1 saturated heterocycles. The van der Waals surface area contributed by atoms with Crippen molar-refractivity contribution < 1.29 is 14.2 Å². The monoisotopic (exact) mass is 493 g/mol. The zero-order chi connectivity index (χ0) is 25.1. The Labute approximate surface area is 220 Å². The molecule has 4 aromatic carbocycles. The minimum absolute atomic E-state index is 0.0574. The van der Waals surface area contributed by atoms with Gasteiger partial charge in [0.25, 0.3) is 0 Å². The molecule has 4 heteroatoms. The van der Waals surface area contributed by atoms with Crippen LogP contribution in [0.5, 0.6) is 0 Å². The average Bonchev–Trinajstić information content (AvgIpc) is 3.28. The number of hydrogen-bond donors (Lipinski definition) is 0. The summed E-state index contributed by atoms with van der Waals surface area (Å²) < 4.78 is 19.4.